The molecule has 0 atom stereocenters. The van der Waals surface area contributed by atoms with Gasteiger partial charge in [0.2, 0.25) is 5.95 Å². The van der Waals surface area contributed by atoms with Gasteiger partial charge in [-0.05, 0) is 12.1 Å². The van der Waals surface area contributed by atoms with Crippen molar-refractivity contribution in [1.29, 1.82) is 0 Å². The Morgan fingerprint density at radius 3 is 2.95 bits per heavy atom. The maximum Gasteiger partial charge on any atom is 0.224 e. The Bertz CT molecular complexity index is 794. The van der Waals surface area contributed by atoms with Gasteiger partial charge in [-0.2, -0.15) is 4.98 Å². The highest BCUT2D eigenvalue weighted by Gasteiger charge is 2.20. The highest BCUT2D eigenvalue weighted by Crippen LogP contribution is 2.27. The van der Waals surface area contributed by atoms with Crippen LogP contribution >= 0.6 is 0 Å². The number of nitrogens with one attached hydrogen (secondary N) is 1. The van der Waals surface area contributed by atoms with Gasteiger partial charge in [0.1, 0.15) is 11.6 Å². The molecule has 21 heavy (non-hydrogen) atoms. The summed E-state index contributed by atoms with van der Waals surface area (Å²) >= 11 is 0. The molecule has 0 saturated carbocycles. The molecule has 0 unspecified atom stereocenters. The highest BCUT2D eigenvalue weighted by atomic mass is 15.3. The van der Waals surface area contributed by atoms with Gasteiger partial charge in [0, 0.05) is 37.9 Å². The van der Waals surface area contributed by atoms with E-state index in [2.05, 4.69) is 35.8 Å². The van der Waals surface area contributed by atoms with Crippen LogP contribution in [0.15, 0.2) is 36.7 Å². The van der Waals surface area contributed by atoms with Gasteiger partial charge in [0.05, 0.1) is 12.1 Å². The molecule has 0 aliphatic carbocycles. The molecule has 3 aromatic rings. The van der Waals surface area contributed by atoms with Crippen LogP contribution in [-0.4, -0.2) is 33.1 Å². The van der Waals surface area contributed by atoms with Crippen molar-refractivity contribution < 1.29 is 0 Å². The van der Waals surface area contributed by atoms with Crippen LogP contribution in [-0.2, 0) is 13.1 Å². The number of anilines is 2. The predicted molar refractivity (Wildman–Crippen MR) is 82.4 cm³/mol. The zero-order valence-electron chi connectivity index (χ0n) is 11.8. The summed E-state index contributed by atoms with van der Waals surface area (Å²) in [5.74, 6) is 2.70. The van der Waals surface area contributed by atoms with E-state index in [0.29, 0.717) is 5.95 Å². The topological polar surface area (TPSA) is 58.9 Å². The van der Waals surface area contributed by atoms with E-state index in [1.165, 1.54) is 0 Å². The Hall–Kier alpha value is -2.63. The van der Waals surface area contributed by atoms with E-state index in [4.69, 9.17) is 0 Å². The van der Waals surface area contributed by atoms with Crippen LogP contribution in [0.4, 0.5) is 11.8 Å². The predicted octanol–water partition coefficient (Wildman–Crippen LogP) is 1.89. The van der Waals surface area contributed by atoms with Crippen LogP contribution in [0.5, 0.6) is 0 Å². The van der Waals surface area contributed by atoms with Crippen LogP contribution < -0.4 is 10.2 Å². The van der Waals surface area contributed by atoms with E-state index < -0.39 is 0 Å². The Morgan fingerprint density at radius 2 is 2.05 bits per heavy atom. The lowest BCUT2D eigenvalue weighted by molar-refractivity contribution is 0.557. The molecule has 6 nitrogen and oxygen atoms in total. The lowest BCUT2D eigenvalue weighted by Gasteiger charge is -2.29. The largest absolute Gasteiger partial charge is 0.357 e. The van der Waals surface area contributed by atoms with Gasteiger partial charge in [-0.1, -0.05) is 12.1 Å². The molecule has 1 aromatic carbocycles. The fourth-order valence-electron chi connectivity index (χ4n) is 2.77. The molecule has 0 saturated heterocycles. The molecule has 1 aliphatic heterocycles. The Balaban J connectivity index is 1.83. The molecule has 1 aliphatic rings. The van der Waals surface area contributed by atoms with Crippen molar-refractivity contribution in [2.75, 3.05) is 23.8 Å². The first-order valence-corrected chi connectivity index (χ1v) is 7.04. The lowest BCUT2D eigenvalue weighted by Crippen LogP contribution is -2.34. The number of hydrogen-bond donors (Lipinski definition) is 1. The van der Waals surface area contributed by atoms with E-state index in [0.717, 1.165) is 42.2 Å². The zero-order valence-corrected chi connectivity index (χ0v) is 11.8. The Labute approximate surface area is 122 Å². The molecular weight excluding hydrogens is 264 g/mol. The number of fused-ring (bicyclic) bond motifs is 2. The second-order valence-electron chi connectivity index (χ2n) is 5.10. The third kappa shape index (κ3) is 1.99. The molecule has 0 bridgehead atoms. The maximum atomic E-state index is 4.67. The minimum absolute atomic E-state index is 0.651. The molecule has 4 rings (SSSR count). The molecular formula is C15H16N6. The number of benzene rings is 1. The summed E-state index contributed by atoms with van der Waals surface area (Å²) in [6.45, 7) is 2.63. The molecule has 106 valence electrons. The molecule has 3 heterocycles. The number of para-hydroxylation sites is 1. The van der Waals surface area contributed by atoms with Gasteiger partial charge in [-0.15, -0.1) is 0 Å². The fourth-order valence-corrected chi connectivity index (χ4v) is 2.77. The fraction of sp³-hybridized carbons (Fsp3) is 0.267. The lowest BCUT2D eigenvalue weighted by atomic mass is 10.2. The Morgan fingerprint density at radius 1 is 1.14 bits per heavy atom. The standard InChI is InChI=1S/C15H16N6/c1-16-15-18-12-5-3-2-4-11(12)14(19-15)21-9-8-20-7-6-17-13(20)10-21/h2-7H,8-10H2,1H3,(H,16,18,19). The average molecular weight is 280 g/mol. The van der Waals surface area contributed by atoms with E-state index in [1.807, 2.05) is 37.6 Å². The normalized spacial score (nSPS) is 14.2. The van der Waals surface area contributed by atoms with E-state index in [9.17, 15) is 0 Å². The third-order valence-electron chi connectivity index (χ3n) is 3.85. The number of imidazole rings is 1. The van der Waals surface area contributed by atoms with Crippen LogP contribution in [0.3, 0.4) is 0 Å². The van der Waals surface area contributed by atoms with Gasteiger partial charge in [0.15, 0.2) is 0 Å². The van der Waals surface area contributed by atoms with Crippen molar-refractivity contribution in [1.82, 2.24) is 19.5 Å². The molecule has 0 fully saturated rings. The van der Waals surface area contributed by atoms with Crippen LogP contribution in [0.2, 0.25) is 0 Å². The number of aromatic nitrogens is 4. The second-order valence-corrected chi connectivity index (χ2v) is 5.10. The van der Waals surface area contributed by atoms with Gasteiger partial charge < -0.3 is 14.8 Å². The quantitative estimate of drug-likeness (QED) is 0.777. The summed E-state index contributed by atoms with van der Waals surface area (Å²) in [5, 5.41) is 4.12. The molecule has 1 N–H and O–H groups in total. The van der Waals surface area contributed by atoms with E-state index in [1.54, 1.807) is 0 Å². The zero-order chi connectivity index (χ0) is 14.2. The number of hydrogen-bond acceptors (Lipinski definition) is 5. The minimum atomic E-state index is 0.651. The van der Waals surface area contributed by atoms with Crippen molar-refractivity contribution in [3.8, 4) is 0 Å². The molecule has 6 heteroatoms. The van der Waals surface area contributed by atoms with Crippen LogP contribution in [0.25, 0.3) is 10.9 Å². The SMILES string of the molecule is CNc1nc(N2CCn3ccnc3C2)c2ccccc2n1. The van der Waals surface area contributed by atoms with Crippen molar-refractivity contribution in [2.45, 2.75) is 13.1 Å². The van der Waals surface area contributed by atoms with Crippen molar-refractivity contribution >= 4 is 22.7 Å². The van der Waals surface area contributed by atoms with Crippen LogP contribution in [0, 0.1) is 0 Å². The summed E-state index contributed by atoms with van der Waals surface area (Å²) < 4.78 is 2.19. The Kier molecular flexibility index (Phi) is 2.73. The average Bonchev–Trinajstić information content (AvgIpc) is 3.01. The van der Waals surface area contributed by atoms with Gasteiger partial charge >= 0.3 is 0 Å². The van der Waals surface area contributed by atoms with Crippen molar-refractivity contribution in [3.63, 3.8) is 0 Å². The first-order chi connectivity index (χ1) is 10.3. The second kappa shape index (κ2) is 4.73. The van der Waals surface area contributed by atoms with E-state index >= 15 is 0 Å². The first-order valence-electron chi connectivity index (χ1n) is 7.04. The van der Waals surface area contributed by atoms with Gasteiger partial charge in [-0.25, -0.2) is 9.97 Å². The highest BCUT2D eigenvalue weighted by molar-refractivity contribution is 5.90. The first kappa shape index (κ1) is 12.1. The summed E-state index contributed by atoms with van der Waals surface area (Å²) in [6.07, 6.45) is 3.89. The molecule has 2 aromatic heterocycles. The third-order valence-corrected chi connectivity index (χ3v) is 3.85. The van der Waals surface area contributed by atoms with E-state index in [-0.39, 0.29) is 0 Å². The molecule has 0 amide bonds. The minimum Gasteiger partial charge on any atom is -0.357 e. The smallest absolute Gasteiger partial charge is 0.224 e. The summed E-state index contributed by atoms with van der Waals surface area (Å²) in [6, 6.07) is 8.12. The summed E-state index contributed by atoms with van der Waals surface area (Å²) in [4.78, 5) is 15.9. The molecule has 0 radical (unpaired) electrons. The van der Waals surface area contributed by atoms with Crippen LogP contribution in [0.1, 0.15) is 5.82 Å². The summed E-state index contributed by atoms with van der Waals surface area (Å²) in [7, 11) is 1.84. The monoisotopic (exact) mass is 280 g/mol. The van der Waals surface area contributed by atoms with Crippen molar-refractivity contribution in [3.05, 3.63) is 42.5 Å². The number of nitrogens with zero attached hydrogens (tertiary/aromatic N) is 5. The maximum absolute atomic E-state index is 4.67. The molecule has 0 spiro atoms. The van der Waals surface area contributed by atoms with Crippen molar-refractivity contribution in [2.24, 2.45) is 0 Å². The van der Waals surface area contributed by atoms with Gasteiger partial charge in [-0.3, -0.25) is 0 Å². The number of rotatable bonds is 2. The van der Waals surface area contributed by atoms with Gasteiger partial charge in [0.25, 0.3) is 0 Å². The summed E-state index contributed by atoms with van der Waals surface area (Å²) in [5.41, 5.74) is 0.959.